The van der Waals surface area contributed by atoms with Crippen LogP contribution < -0.4 is 11.1 Å². The molecule has 1 aromatic rings. The maximum atomic E-state index is 12.3. The first kappa shape index (κ1) is 14.0. The predicted molar refractivity (Wildman–Crippen MR) is 74.5 cm³/mol. The molecule has 1 amide bonds. The smallest absolute Gasteiger partial charge is 0.254 e. The fraction of sp³-hybridized carbons (Fsp3) is 0.533. The van der Waals surface area contributed by atoms with Crippen LogP contribution >= 0.6 is 0 Å². The highest BCUT2D eigenvalue weighted by Crippen LogP contribution is 2.32. The second-order valence-electron chi connectivity index (χ2n) is 4.93. The van der Waals surface area contributed by atoms with Gasteiger partial charge >= 0.3 is 0 Å². The van der Waals surface area contributed by atoms with E-state index in [2.05, 4.69) is 5.32 Å². The molecule has 1 saturated carbocycles. The van der Waals surface area contributed by atoms with Gasteiger partial charge in [-0.2, -0.15) is 0 Å². The zero-order valence-corrected chi connectivity index (χ0v) is 11.3. The Morgan fingerprint density at radius 2 is 2.11 bits per heavy atom. The van der Waals surface area contributed by atoms with Gasteiger partial charge < -0.3 is 15.8 Å². The van der Waals surface area contributed by atoms with E-state index in [1.165, 1.54) is 0 Å². The van der Waals surface area contributed by atoms with Crippen LogP contribution in [-0.4, -0.2) is 25.1 Å². The van der Waals surface area contributed by atoms with Gasteiger partial charge in [0.2, 0.25) is 0 Å². The largest absolute Gasteiger partial charge is 0.364 e. The van der Waals surface area contributed by atoms with Crippen molar-refractivity contribution in [3.05, 3.63) is 35.9 Å². The predicted octanol–water partition coefficient (Wildman–Crippen LogP) is 1.62. The first-order valence-electron chi connectivity index (χ1n) is 6.93. The molecule has 1 aromatic carbocycles. The molecule has 4 nitrogen and oxygen atoms in total. The van der Waals surface area contributed by atoms with Crippen molar-refractivity contribution in [3.63, 3.8) is 0 Å². The van der Waals surface area contributed by atoms with E-state index in [1.807, 2.05) is 37.3 Å². The Bertz CT molecular complexity index is 404. The number of rotatable bonds is 7. The van der Waals surface area contributed by atoms with Crippen LogP contribution in [0.1, 0.15) is 31.4 Å². The summed E-state index contributed by atoms with van der Waals surface area (Å²) >= 11 is 0. The summed E-state index contributed by atoms with van der Waals surface area (Å²) < 4.78 is 5.58. The molecular formula is C15H22N2O2. The van der Waals surface area contributed by atoms with Gasteiger partial charge in [0.15, 0.2) is 6.10 Å². The van der Waals surface area contributed by atoms with Gasteiger partial charge in [-0.25, -0.2) is 0 Å². The van der Waals surface area contributed by atoms with Gasteiger partial charge in [-0.15, -0.1) is 0 Å². The minimum absolute atomic E-state index is 0.0826. The molecule has 0 bridgehead atoms. The lowest BCUT2D eigenvalue weighted by molar-refractivity contribution is -0.133. The maximum Gasteiger partial charge on any atom is 0.254 e. The maximum absolute atomic E-state index is 12.3. The van der Waals surface area contributed by atoms with Crippen molar-refractivity contribution in [3.8, 4) is 0 Å². The minimum Gasteiger partial charge on any atom is -0.364 e. The summed E-state index contributed by atoms with van der Waals surface area (Å²) in [6.45, 7) is 2.89. The number of carbonyl (C=O) groups is 1. The number of nitrogens with two attached hydrogens (primary N) is 1. The second kappa shape index (κ2) is 6.68. The highest BCUT2D eigenvalue weighted by atomic mass is 16.5. The Kier molecular flexibility index (Phi) is 4.93. The van der Waals surface area contributed by atoms with Crippen LogP contribution in [0.25, 0.3) is 0 Å². The molecule has 0 spiro atoms. The van der Waals surface area contributed by atoms with Crippen LogP contribution in [0.15, 0.2) is 30.3 Å². The zero-order valence-electron chi connectivity index (χ0n) is 11.3. The molecule has 0 aliphatic heterocycles. The average Bonchev–Trinajstić information content (AvgIpc) is 3.27. The Balaban J connectivity index is 2.03. The molecule has 104 valence electrons. The monoisotopic (exact) mass is 262 g/mol. The van der Waals surface area contributed by atoms with Crippen molar-refractivity contribution in [1.29, 1.82) is 0 Å². The van der Waals surface area contributed by atoms with Crippen LogP contribution in [0.4, 0.5) is 0 Å². The first-order valence-corrected chi connectivity index (χ1v) is 6.93. The van der Waals surface area contributed by atoms with Crippen molar-refractivity contribution >= 4 is 5.91 Å². The van der Waals surface area contributed by atoms with Crippen molar-refractivity contribution in [2.75, 3.05) is 13.2 Å². The van der Waals surface area contributed by atoms with Crippen LogP contribution in [-0.2, 0) is 9.53 Å². The third kappa shape index (κ3) is 3.78. The van der Waals surface area contributed by atoms with Crippen molar-refractivity contribution in [2.24, 2.45) is 11.7 Å². The SMILES string of the molecule is CCOC(C(=O)NC(CN)C1CC1)c1ccccc1. The lowest BCUT2D eigenvalue weighted by Gasteiger charge is -2.22. The Labute approximate surface area is 114 Å². The Hall–Kier alpha value is -1.39. The topological polar surface area (TPSA) is 64.3 Å². The van der Waals surface area contributed by atoms with E-state index in [4.69, 9.17) is 10.5 Å². The summed E-state index contributed by atoms with van der Waals surface area (Å²) in [5.41, 5.74) is 6.60. The van der Waals surface area contributed by atoms with Crippen molar-refractivity contribution in [2.45, 2.75) is 31.9 Å². The molecule has 2 rings (SSSR count). The molecule has 1 aliphatic rings. The van der Waals surface area contributed by atoms with Gasteiger partial charge in [0.05, 0.1) is 0 Å². The fourth-order valence-corrected chi connectivity index (χ4v) is 2.24. The number of amides is 1. The van der Waals surface area contributed by atoms with Gasteiger partial charge in [-0.1, -0.05) is 30.3 Å². The van der Waals surface area contributed by atoms with E-state index >= 15 is 0 Å². The number of benzene rings is 1. The van der Waals surface area contributed by atoms with E-state index in [9.17, 15) is 4.79 Å². The zero-order chi connectivity index (χ0) is 13.7. The third-order valence-electron chi connectivity index (χ3n) is 3.45. The van der Waals surface area contributed by atoms with Crippen molar-refractivity contribution < 1.29 is 9.53 Å². The van der Waals surface area contributed by atoms with Crippen molar-refractivity contribution in [1.82, 2.24) is 5.32 Å². The lowest BCUT2D eigenvalue weighted by Crippen LogP contribution is -2.44. The van der Waals surface area contributed by atoms with Gasteiger partial charge in [0.25, 0.3) is 5.91 Å². The summed E-state index contributed by atoms with van der Waals surface area (Å²) in [5, 5.41) is 3.02. The summed E-state index contributed by atoms with van der Waals surface area (Å²) in [7, 11) is 0. The molecule has 3 N–H and O–H groups in total. The highest BCUT2D eigenvalue weighted by Gasteiger charge is 2.33. The molecule has 1 aliphatic carbocycles. The summed E-state index contributed by atoms with van der Waals surface area (Å²) in [5.74, 6) is 0.461. The summed E-state index contributed by atoms with van der Waals surface area (Å²) in [6.07, 6.45) is 1.78. The quantitative estimate of drug-likeness (QED) is 0.784. The molecule has 0 aromatic heterocycles. The van der Waals surface area contributed by atoms with E-state index in [1.54, 1.807) is 0 Å². The van der Waals surface area contributed by atoms with Gasteiger partial charge in [0, 0.05) is 19.2 Å². The van der Waals surface area contributed by atoms with Crippen LogP contribution in [0, 0.1) is 5.92 Å². The van der Waals surface area contributed by atoms with Gasteiger partial charge in [0.1, 0.15) is 0 Å². The number of hydrogen-bond donors (Lipinski definition) is 2. The standard InChI is InChI=1S/C15H22N2O2/c1-2-19-14(12-6-4-3-5-7-12)15(18)17-13(10-16)11-8-9-11/h3-7,11,13-14H,2,8-10,16H2,1H3,(H,17,18). The molecular weight excluding hydrogens is 240 g/mol. The Morgan fingerprint density at radius 1 is 1.42 bits per heavy atom. The van der Waals surface area contributed by atoms with E-state index in [-0.39, 0.29) is 11.9 Å². The third-order valence-corrected chi connectivity index (χ3v) is 3.45. The minimum atomic E-state index is -0.543. The number of nitrogens with one attached hydrogen (secondary N) is 1. The number of carbonyl (C=O) groups excluding carboxylic acids is 1. The second-order valence-corrected chi connectivity index (χ2v) is 4.93. The summed E-state index contributed by atoms with van der Waals surface area (Å²) in [6, 6.07) is 9.66. The molecule has 0 radical (unpaired) electrons. The van der Waals surface area contributed by atoms with Gasteiger partial charge in [-0.3, -0.25) is 4.79 Å². The van der Waals surface area contributed by atoms with Crippen LogP contribution in [0.2, 0.25) is 0 Å². The number of ether oxygens (including phenoxy) is 1. The molecule has 0 saturated heterocycles. The van der Waals surface area contributed by atoms with E-state index < -0.39 is 6.10 Å². The Morgan fingerprint density at radius 3 is 2.63 bits per heavy atom. The highest BCUT2D eigenvalue weighted by molar-refractivity contribution is 5.82. The average molecular weight is 262 g/mol. The fourth-order valence-electron chi connectivity index (χ4n) is 2.24. The molecule has 2 unspecified atom stereocenters. The molecule has 4 heteroatoms. The van der Waals surface area contributed by atoms with E-state index in [0.717, 1.165) is 18.4 Å². The molecule has 0 heterocycles. The van der Waals surface area contributed by atoms with Gasteiger partial charge in [-0.05, 0) is 31.2 Å². The summed E-state index contributed by atoms with van der Waals surface area (Å²) in [4.78, 5) is 12.3. The molecule has 2 atom stereocenters. The van der Waals surface area contributed by atoms with Crippen LogP contribution in [0.3, 0.4) is 0 Å². The number of hydrogen-bond acceptors (Lipinski definition) is 3. The van der Waals surface area contributed by atoms with E-state index in [0.29, 0.717) is 19.1 Å². The lowest BCUT2D eigenvalue weighted by atomic mass is 10.1. The molecule has 19 heavy (non-hydrogen) atoms. The first-order chi connectivity index (χ1) is 9.26. The van der Waals surface area contributed by atoms with Crippen LogP contribution in [0.5, 0.6) is 0 Å². The normalized spacial score (nSPS) is 17.8. The molecule has 1 fully saturated rings.